The van der Waals surface area contributed by atoms with Gasteiger partial charge >= 0.3 is 6.09 Å². The molecule has 1 aromatic carbocycles. The van der Waals surface area contributed by atoms with E-state index in [-0.39, 0.29) is 17.1 Å². The molecule has 1 aromatic rings. The summed E-state index contributed by atoms with van der Waals surface area (Å²) in [7, 11) is 3.03. The number of hydrogen-bond donors (Lipinski definition) is 0. The number of hydrogen-bond acceptors (Lipinski definition) is 3. The maximum Gasteiger partial charge on any atom is 0.414 e. The lowest BCUT2D eigenvalue weighted by atomic mass is 10.1. The van der Waals surface area contributed by atoms with Crippen LogP contribution in [0.3, 0.4) is 0 Å². The number of carbonyl (C=O) groups excluding carboxylic acids is 2. The van der Waals surface area contributed by atoms with Crippen LogP contribution in [-0.4, -0.2) is 30.9 Å². The number of ether oxygens (including phenoxy) is 1. The summed E-state index contributed by atoms with van der Waals surface area (Å²) in [4.78, 5) is 23.7. The van der Waals surface area contributed by atoms with Crippen LogP contribution in [0.5, 0.6) is 5.75 Å². The third kappa shape index (κ3) is 2.79. The van der Waals surface area contributed by atoms with Crippen molar-refractivity contribution in [2.45, 2.75) is 6.92 Å². The minimum Gasteiger partial charge on any atom is -0.409 e. The molecule has 1 rings (SSSR count). The number of rotatable bonds is 2. The summed E-state index contributed by atoms with van der Waals surface area (Å²) < 4.78 is 17.8. The van der Waals surface area contributed by atoms with Crippen molar-refractivity contribution in [3.8, 4) is 5.75 Å². The van der Waals surface area contributed by atoms with Gasteiger partial charge in [0.1, 0.15) is 11.6 Å². The van der Waals surface area contributed by atoms with Gasteiger partial charge < -0.3 is 9.64 Å². The van der Waals surface area contributed by atoms with Gasteiger partial charge in [-0.1, -0.05) is 0 Å². The highest BCUT2D eigenvalue weighted by Gasteiger charge is 2.14. The van der Waals surface area contributed by atoms with Crippen molar-refractivity contribution in [1.29, 1.82) is 0 Å². The van der Waals surface area contributed by atoms with Crippen LogP contribution in [0.25, 0.3) is 0 Å². The Morgan fingerprint density at radius 1 is 1.31 bits per heavy atom. The van der Waals surface area contributed by atoms with Crippen molar-refractivity contribution in [2.24, 2.45) is 0 Å². The molecular formula is C11H12FNO3. The van der Waals surface area contributed by atoms with Crippen LogP contribution in [0, 0.1) is 5.82 Å². The first kappa shape index (κ1) is 12.2. The quantitative estimate of drug-likeness (QED) is 0.724. The van der Waals surface area contributed by atoms with E-state index < -0.39 is 11.9 Å². The SMILES string of the molecule is CC(=O)c1cc(F)ccc1OC(=O)N(C)C. The van der Waals surface area contributed by atoms with E-state index in [1.807, 2.05) is 0 Å². The zero-order valence-electron chi connectivity index (χ0n) is 9.28. The summed E-state index contributed by atoms with van der Waals surface area (Å²) >= 11 is 0. The molecule has 0 aliphatic heterocycles. The van der Waals surface area contributed by atoms with Crippen LogP contribution in [0.2, 0.25) is 0 Å². The summed E-state index contributed by atoms with van der Waals surface area (Å²) in [6, 6.07) is 3.43. The van der Waals surface area contributed by atoms with Gasteiger partial charge in [-0.2, -0.15) is 0 Å². The van der Waals surface area contributed by atoms with Gasteiger partial charge in [-0.3, -0.25) is 4.79 Å². The van der Waals surface area contributed by atoms with Gasteiger partial charge in [0.2, 0.25) is 0 Å². The summed E-state index contributed by atoms with van der Waals surface area (Å²) in [5.41, 5.74) is 0.0511. The summed E-state index contributed by atoms with van der Waals surface area (Å²) in [6.45, 7) is 1.28. The van der Waals surface area contributed by atoms with Crippen LogP contribution in [0.15, 0.2) is 18.2 Å². The van der Waals surface area contributed by atoms with E-state index in [9.17, 15) is 14.0 Å². The van der Waals surface area contributed by atoms with Crippen molar-refractivity contribution in [1.82, 2.24) is 4.90 Å². The summed E-state index contributed by atoms with van der Waals surface area (Å²) in [6.07, 6.45) is -0.617. The number of ketones is 1. The molecule has 0 N–H and O–H groups in total. The van der Waals surface area contributed by atoms with Gasteiger partial charge in [0.05, 0.1) is 5.56 Å². The topological polar surface area (TPSA) is 46.6 Å². The molecule has 0 spiro atoms. The number of halogens is 1. The Labute approximate surface area is 92.6 Å². The van der Waals surface area contributed by atoms with Crippen LogP contribution in [0.4, 0.5) is 9.18 Å². The van der Waals surface area contributed by atoms with Crippen molar-refractivity contribution >= 4 is 11.9 Å². The molecule has 0 aromatic heterocycles. The molecule has 86 valence electrons. The minimum absolute atomic E-state index is 0.0511. The van der Waals surface area contributed by atoms with Crippen LogP contribution >= 0.6 is 0 Å². The smallest absolute Gasteiger partial charge is 0.409 e. The van der Waals surface area contributed by atoms with E-state index >= 15 is 0 Å². The second-order valence-corrected chi connectivity index (χ2v) is 3.46. The van der Waals surface area contributed by atoms with Gasteiger partial charge in [-0.15, -0.1) is 0 Å². The van der Waals surface area contributed by atoms with E-state index in [0.29, 0.717) is 0 Å². The largest absolute Gasteiger partial charge is 0.414 e. The average molecular weight is 225 g/mol. The molecule has 5 heteroatoms. The Morgan fingerprint density at radius 3 is 2.44 bits per heavy atom. The van der Waals surface area contributed by atoms with Gasteiger partial charge in [-0.05, 0) is 25.1 Å². The molecule has 16 heavy (non-hydrogen) atoms. The molecule has 0 saturated heterocycles. The third-order valence-corrected chi connectivity index (χ3v) is 1.88. The van der Waals surface area contributed by atoms with Gasteiger partial charge in [-0.25, -0.2) is 9.18 Å². The predicted molar refractivity (Wildman–Crippen MR) is 56.1 cm³/mol. The van der Waals surface area contributed by atoms with Crippen molar-refractivity contribution in [3.05, 3.63) is 29.6 Å². The summed E-state index contributed by atoms with van der Waals surface area (Å²) in [5, 5.41) is 0. The van der Waals surface area contributed by atoms with Gasteiger partial charge in [0.25, 0.3) is 0 Å². The number of amides is 1. The lowest BCUT2D eigenvalue weighted by Crippen LogP contribution is -2.25. The molecule has 1 amide bonds. The van der Waals surface area contributed by atoms with E-state index in [1.54, 1.807) is 0 Å². The van der Waals surface area contributed by atoms with E-state index in [0.717, 1.165) is 12.1 Å². The molecule has 0 heterocycles. The molecule has 0 bridgehead atoms. The number of carbonyl (C=O) groups is 2. The predicted octanol–water partition coefficient (Wildman–Crippen LogP) is 2.09. The first-order valence-electron chi connectivity index (χ1n) is 4.61. The molecule has 0 saturated carbocycles. The molecule has 0 radical (unpaired) electrons. The molecule has 0 aliphatic carbocycles. The van der Waals surface area contributed by atoms with Crippen molar-refractivity contribution < 1.29 is 18.7 Å². The Balaban J connectivity index is 3.04. The van der Waals surface area contributed by atoms with Crippen LogP contribution in [0.1, 0.15) is 17.3 Å². The molecule has 0 atom stereocenters. The number of Topliss-reactive ketones (excluding diaryl/α,β-unsaturated/α-hetero) is 1. The molecule has 0 aliphatic rings. The molecular weight excluding hydrogens is 213 g/mol. The number of nitrogens with zero attached hydrogens (tertiary/aromatic N) is 1. The molecule has 4 nitrogen and oxygen atoms in total. The van der Waals surface area contributed by atoms with E-state index in [1.165, 1.54) is 32.0 Å². The Bertz CT molecular complexity index is 429. The number of benzene rings is 1. The lowest BCUT2D eigenvalue weighted by Gasteiger charge is -2.12. The first-order valence-corrected chi connectivity index (χ1v) is 4.61. The highest BCUT2D eigenvalue weighted by molar-refractivity contribution is 5.97. The van der Waals surface area contributed by atoms with Gasteiger partial charge in [0.15, 0.2) is 5.78 Å². The fourth-order valence-electron chi connectivity index (χ4n) is 1.05. The zero-order chi connectivity index (χ0) is 12.3. The van der Waals surface area contributed by atoms with Gasteiger partial charge in [0, 0.05) is 14.1 Å². The normalized spacial score (nSPS) is 9.75. The fourth-order valence-corrected chi connectivity index (χ4v) is 1.05. The highest BCUT2D eigenvalue weighted by atomic mass is 19.1. The van der Waals surface area contributed by atoms with Crippen molar-refractivity contribution in [2.75, 3.05) is 14.1 Å². The van der Waals surface area contributed by atoms with Crippen molar-refractivity contribution in [3.63, 3.8) is 0 Å². The molecule has 0 unspecified atom stereocenters. The maximum atomic E-state index is 12.9. The standard InChI is InChI=1S/C11H12FNO3/c1-7(14)9-6-8(12)4-5-10(9)16-11(15)13(2)3/h4-6H,1-3H3. The monoisotopic (exact) mass is 225 g/mol. The fraction of sp³-hybridized carbons (Fsp3) is 0.273. The van der Waals surface area contributed by atoms with E-state index in [2.05, 4.69) is 0 Å². The maximum absolute atomic E-state index is 12.9. The Kier molecular flexibility index (Phi) is 3.60. The van der Waals surface area contributed by atoms with E-state index in [4.69, 9.17) is 4.74 Å². The molecule has 0 fully saturated rings. The minimum atomic E-state index is -0.617. The second kappa shape index (κ2) is 4.74. The first-order chi connectivity index (χ1) is 7.41. The lowest BCUT2D eigenvalue weighted by molar-refractivity contribution is 0.101. The van der Waals surface area contributed by atoms with Crippen LogP contribution < -0.4 is 4.74 Å². The Hall–Kier alpha value is -1.91. The Morgan fingerprint density at radius 2 is 1.94 bits per heavy atom. The van der Waals surface area contributed by atoms with Crippen LogP contribution in [-0.2, 0) is 0 Å². The highest BCUT2D eigenvalue weighted by Crippen LogP contribution is 2.20. The zero-order valence-corrected chi connectivity index (χ0v) is 9.28. The average Bonchev–Trinajstić information content (AvgIpc) is 2.20. The summed E-state index contributed by atoms with van der Waals surface area (Å²) in [5.74, 6) is -0.844. The third-order valence-electron chi connectivity index (χ3n) is 1.88. The second-order valence-electron chi connectivity index (χ2n) is 3.46.